The minimum Gasteiger partial charge on any atom is -0.352 e. The lowest BCUT2D eigenvalue weighted by Crippen LogP contribution is -2.78. The number of halogens is 2. The average molecular weight is 439 g/mol. The van der Waals surface area contributed by atoms with Crippen molar-refractivity contribution in [3.05, 3.63) is 52.0 Å². The molecule has 0 bridgehead atoms. The van der Waals surface area contributed by atoms with Gasteiger partial charge in [0.05, 0.1) is 0 Å². The summed E-state index contributed by atoms with van der Waals surface area (Å²) < 4.78 is 3.15. The number of rotatable bonds is 3. The molecule has 0 radical (unpaired) electrons. The van der Waals surface area contributed by atoms with Crippen molar-refractivity contribution in [2.75, 3.05) is 6.67 Å². The van der Waals surface area contributed by atoms with Crippen LogP contribution in [0, 0.1) is 6.92 Å². The summed E-state index contributed by atoms with van der Waals surface area (Å²) in [7, 11) is -3.37. The number of aryl methyl sites for hydroxylation is 1. The zero-order chi connectivity index (χ0) is 20.2. The fourth-order valence-electron chi connectivity index (χ4n) is 4.45. The highest BCUT2D eigenvalue weighted by molar-refractivity contribution is 6.95. The Bertz CT molecular complexity index is 914. The number of hydrogen-bond donors (Lipinski definition) is 0. The minimum absolute atomic E-state index is 0.645. The highest BCUT2D eigenvalue weighted by atomic mass is 35.5. The first-order valence-electron chi connectivity index (χ1n) is 9.30. The van der Waals surface area contributed by atoms with E-state index in [-0.39, 0.29) is 0 Å². The van der Waals surface area contributed by atoms with E-state index < -0.39 is 16.5 Å². The highest BCUT2D eigenvalue weighted by Gasteiger charge is 2.59. The van der Waals surface area contributed by atoms with Crippen molar-refractivity contribution >= 4 is 56.7 Å². The number of benzene rings is 2. The molecular weight excluding hydrogens is 409 g/mol. The Morgan fingerprint density at radius 2 is 1.56 bits per heavy atom. The van der Waals surface area contributed by atoms with Crippen LogP contribution in [0.4, 0.5) is 17.1 Å². The van der Waals surface area contributed by atoms with Crippen LogP contribution in [-0.2, 0) is 0 Å². The summed E-state index contributed by atoms with van der Waals surface area (Å²) in [5.74, 6) is 0. The summed E-state index contributed by atoms with van der Waals surface area (Å²) >= 11 is 12.7. The van der Waals surface area contributed by atoms with Crippen molar-refractivity contribution in [3.8, 4) is 0 Å². The lowest BCUT2D eigenvalue weighted by molar-refractivity contribution is -0.522. The van der Waals surface area contributed by atoms with E-state index in [0.717, 1.165) is 21.9 Å². The van der Waals surface area contributed by atoms with Gasteiger partial charge in [-0.2, -0.15) is 0 Å². The number of hydrogen-bond acceptors (Lipinski definition) is 1. The van der Waals surface area contributed by atoms with E-state index in [2.05, 4.69) is 69.1 Å². The average Bonchev–Trinajstić information content (AvgIpc) is 2.51. The van der Waals surface area contributed by atoms with E-state index in [9.17, 15) is 0 Å². The Hall–Kier alpha value is -0.986. The van der Waals surface area contributed by atoms with Crippen LogP contribution in [0.2, 0.25) is 49.3 Å². The van der Waals surface area contributed by atoms with E-state index in [1.807, 2.05) is 12.1 Å². The van der Waals surface area contributed by atoms with Crippen LogP contribution in [0.5, 0.6) is 0 Å². The van der Waals surface area contributed by atoms with Crippen LogP contribution >= 0.6 is 23.2 Å². The molecule has 1 aliphatic rings. The Morgan fingerprint density at radius 3 is 2.11 bits per heavy atom. The quantitative estimate of drug-likeness (QED) is 0.345. The lowest BCUT2D eigenvalue weighted by atomic mass is 10.2. The summed E-state index contributed by atoms with van der Waals surface area (Å²) in [5.41, 5.74) is 4.59. The topological polar surface area (TPSA) is 15.4 Å². The van der Waals surface area contributed by atoms with Crippen LogP contribution in [0.3, 0.4) is 0 Å². The molecule has 0 fully saturated rings. The normalized spacial score (nSPS) is 16.7. The molecular formula is C20H29Cl2N3Si2+2. The molecule has 0 saturated heterocycles. The van der Waals surface area contributed by atoms with Crippen molar-refractivity contribution in [1.82, 2.24) is 3.81 Å². The Morgan fingerprint density at radius 1 is 0.926 bits per heavy atom. The van der Waals surface area contributed by atoms with E-state index in [4.69, 9.17) is 28.3 Å². The molecule has 7 heteroatoms. The second-order valence-electron chi connectivity index (χ2n) is 9.38. The van der Waals surface area contributed by atoms with E-state index in [1.165, 1.54) is 11.3 Å². The summed E-state index contributed by atoms with van der Waals surface area (Å²) in [4.78, 5) is 0. The largest absolute Gasteiger partial charge is 0.352 e. The van der Waals surface area contributed by atoms with Gasteiger partial charge in [0.1, 0.15) is 10.7 Å². The van der Waals surface area contributed by atoms with E-state index in [1.54, 1.807) is 6.07 Å². The van der Waals surface area contributed by atoms with Gasteiger partial charge in [-0.3, -0.25) is 0 Å². The maximum absolute atomic E-state index is 6.57. The molecule has 0 unspecified atom stereocenters. The smallest absolute Gasteiger partial charge is 0.276 e. The molecule has 0 aromatic heterocycles. The van der Waals surface area contributed by atoms with Gasteiger partial charge in [0.15, 0.2) is 5.69 Å². The number of nitrogens with zero attached hydrogens (tertiary/aromatic N) is 3. The first kappa shape index (κ1) is 20.7. The molecule has 3 rings (SSSR count). The van der Waals surface area contributed by atoms with Gasteiger partial charge in [0, 0.05) is 16.2 Å². The molecule has 144 valence electrons. The third-order valence-electron chi connectivity index (χ3n) is 5.59. The van der Waals surface area contributed by atoms with Gasteiger partial charge in [0.25, 0.3) is 28.8 Å². The van der Waals surface area contributed by atoms with Gasteiger partial charge >= 0.3 is 0 Å². The van der Waals surface area contributed by atoms with Crippen LogP contribution in [-0.4, -0.2) is 27.8 Å². The number of fused-ring (bicyclic) bond motifs is 1. The Kier molecular flexibility index (Phi) is 5.23. The minimum atomic E-state index is -1.69. The molecule has 0 amide bonds. The molecule has 0 spiro atoms. The van der Waals surface area contributed by atoms with Crippen LogP contribution in [0.1, 0.15) is 5.56 Å². The van der Waals surface area contributed by atoms with Gasteiger partial charge in [-0.05, 0) is 80.7 Å². The molecule has 2 aromatic rings. The molecule has 2 aromatic carbocycles. The van der Waals surface area contributed by atoms with Crippen molar-refractivity contribution in [2.45, 2.75) is 46.2 Å². The van der Waals surface area contributed by atoms with Crippen LogP contribution in [0.25, 0.3) is 0 Å². The van der Waals surface area contributed by atoms with Gasteiger partial charge in [-0.1, -0.05) is 29.3 Å². The maximum Gasteiger partial charge on any atom is 0.276 e. The molecule has 0 atom stereocenters. The molecule has 3 nitrogen and oxygen atoms in total. The molecule has 0 saturated carbocycles. The van der Waals surface area contributed by atoms with Gasteiger partial charge in [-0.25, -0.2) is 0 Å². The molecule has 1 heterocycles. The van der Waals surface area contributed by atoms with Crippen molar-refractivity contribution in [3.63, 3.8) is 0 Å². The van der Waals surface area contributed by atoms with Crippen LogP contribution < -0.4 is 3.81 Å². The van der Waals surface area contributed by atoms with E-state index >= 15 is 0 Å². The third-order valence-corrected chi connectivity index (χ3v) is 15.5. The summed E-state index contributed by atoms with van der Waals surface area (Å²) in [6.07, 6.45) is 0. The second-order valence-corrected chi connectivity index (χ2v) is 20.9. The lowest BCUT2D eigenvalue weighted by Gasteiger charge is -2.54. The summed E-state index contributed by atoms with van der Waals surface area (Å²) in [6.45, 7) is 17.8. The first-order valence-corrected chi connectivity index (χ1v) is 17.0. The zero-order valence-electron chi connectivity index (χ0n) is 17.3. The fourth-order valence-corrected chi connectivity index (χ4v) is 15.9. The molecule has 1 aliphatic heterocycles. The standard InChI is InChI=1S/C20H29Cl2N3Si2/c1-15-8-11-20-18(12-15)23-24(19-10-9-16(21)13-17(19)22)14-25(20,26(2,3)4)27(5,6)7/h8-13H,14H2,1-7H3/q+2. The molecule has 0 aliphatic carbocycles. The highest BCUT2D eigenvalue weighted by Crippen LogP contribution is 2.47. The van der Waals surface area contributed by atoms with Crippen molar-refractivity contribution in [2.24, 2.45) is 5.11 Å². The summed E-state index contributed by atoms with van der Waals surface area (Å²) in [5, 5.41) is 6.32. The van der Waals surface area contributed by atoms with Crippen LogP contribution in [0.15, 0.2) is 41.5 Å². The zero-order valence-corrected chi connectivity index (χ0v) is 20.8. The second kappa shape index (κ2) is 6.81. The Balaban J connectivity index is 2.35. The Labute approximate surface area is 175 Å². The molecule has 27 heavy (non-hydrogen) atoms. The van der Waals surface area contributed by atoms with Crippen molar-refractivity contribution < 1.29 is 4.70 Å². The summed E-state index contributed by atoms with van der Waals surface area (Å²) in [6, 6.07) is 12.4. The van der Waals surface area contributed by atoms with E-state index in [0.29, 0.717) is 10.0 Å². The van der Waals surface area contributed by atoms with Crippen molar-refractivity contribution in [1.29, 1.82) is 0 Å². The SMILES string of the molecule is Cc1ccc2c(c1)N=[N+](c1ccc(Cl)cc1Cl)C[N+]2([Si](C)(C)C)[Si](C)(C)C. The predicted molar refractivity (Wildman–Crippen MR) is 123 cm³/mol. The third kappa shape index (κ3) is 3.44. The number of azo groups is 2. The van der Waals surface area contributed by atoms with Gasteiger partial charge in [-0.15, -0.1) is 0 Å². The number of quaternary nitrogens is 1. The fraction of sp³-hybridized carbons (Fsp3) is 0.400. The predicted octanol–water partition coefficient (Wildman–Crippen LogP) is 7.68. The first-order chi connectivity index (χ1) is 12.4. The monoisotopic (exact) mass is 437 g/mol. The molecule has 0 N–H and O–H groups in total. The van der Waals surface area contributed by atoms with Gasteiger partial charge in [0.2, 0.25) is 0 Å². The van der Waals surface area contributed by atoms with Gasteiger partial charge < -0.3 is 3.81 Å². The maximum atomic E-state index is 6.57.